The summed E-state index contributed by atoms with van der Waals surface area (Å²) >= 11 is 0. The molecule has 0 saturated heterocycles. The molecule has 0 aliphatic carbocycles. The van der Waals surface area contributed by atoms with Crippen LogP contribution < -0.4 is 0 Å². The minimum absolute atomic E-state index is 0.00183. The number of phenolic OH excluding ortho intramolecular Hbond substituents is 1. The van der Waals surface area contributed by atoms with E-state index in [0.717, 1.165) is 5.39 Å². The molecule has 0 atom stereocenters. The number of phenols is 1. The average molecular weight is 239 g/mol. The first-order valence-corrected chi connectivity index (χ1v) is 5.55. The van der Waals surface area contributed by atoms with E-state index in [0.29, 0.717) is 5.39 Å². The number of carbonyl (C=O) groups is 1. The third-order valence-electron chi connectivity index (χ3n) is 2.81. The fourth-order valence-corrected chi connectivity index (χ4v) is 1.84. The Bertz CT molecular complexity index is 640. The molecule has 0 aliphatic heterocycles. The number of rotatable bonds is 2. The average Bonchev–Trinajstić information content (AvgIpc) is 2.39. The minimum atomic E-state index is -0.281. The Labute approximate surface area is 106 Å². The molecule has 2 aromatic rings. The number of benzene rings is 2. The molecule has 0 bridgehead atoms. The first-order chi connectivity index (χ1) is 8.65. The van der Waals surface area contributed by atoms with Crippen molar-refractivity contribution in [2.24, 2.45) is 0 Å². The second-order valence-electron chi connectivity index (χ2n) is 4.05. The molecule has 0 fully saturated rings. The number of fused-ring (bicyclic) bond motifs is 1. The van der Waals surface area contributed by atoms with Crippen LogP contribution in [0.25, 0.3) is 10.8 Å². The van der Waals surface area contributed by atoms with E-state index in [4.69, 9.17) is 6.42 Å². The lowest BCUT2D eigenvalue weighted by Gasteiger charge is -2.15. The summed E-state index contributed by atoms with van der Waals surface area (Å²) < 4.78 is 0. The van der Waals surface area contributed by atoms with Crippen molar-refractivity contribution in [3.63, 3.8) is 0 Å². The van der Waals surface area contributed by atoms with Crippen LogP contribution in [-0.4, -0.2) is 29.5 Å². The molecule has 0 spiro atoms. The van der Waals surface area contributed by atoms with Gasteiger partial charge in [0.2, 0.25) is 0 Å². The number of hydrogen-bond donors (Lipinski definition) is 1. The Kier molecular flexibility index (Phi) is 3.20. The van der Waals surface area contributed by atoms with Gasteiger partial charge >= 0.3 is 0 Å². The van der Waals surface area contributed by atoms with Gasteiger partial charge < -0.3 is 10.0 Å². The predicted octanol–water partition coefficient (Wildman–Crippen LogP) is 2.25. The van der Waals surface area contributed by atoms with Crippen molar-refractivity contribution in [3.8, 4) is 18.1 Å². The van der Waals surface area contributed by atoms with Gasteiger partial charge in [-0.05, 0) is 11.5 Å². The Hall–Kier alpha value is -2.47. The summed E-state index contributed by atoms with van der Waals surface area (Å²) in [5.74, 6) is 2.12. The molecule has 0 saturated carbocycles. The zero-order chi connectivity index (χ0) is 13.1. The van der Waals surface area contributed by atoms with Crippen molar-refractivity contribution < 1.29 is 9.90 Å². The van der Waals surface area contributed by atoms with E-state index >= 15 is 0 Å². The van der Waals surface area contributed by atoms with Crippen molar-refractivity contribution in [3.05, 3.63) is 42.0 Å². The first-order valence-electron chi connectivity index (χ1n) is 5.55. The Morgan fingerprint density at radius 1 is 1.33 bits per heavy atom. The summed E-state index contributed by atoms with van der Waals surface area (Å²) in [6.45, 7) is 0.213. The number of hydrogen-bond acceptors (Lipinski definition) is 2. The highest BCUT2D eigenvalue weighted by Crippen LogP contribution is 2.29. The highest BCUT2D eigenvalue weighted by molar-refractivity contribution is 6.03. The van der Waals surface area contributed by atoms with Gasteiger partial charge in [0.1, 0.15) is 5.75 Å². The molecular formula is C15H13NO2. The van der Waals surface area contributed by atoms with Crippen LogP contribution >= 0.6 is 0 Å². The Morgan fingerprint density at radius 2 is 2.06 bits per heavy atom. The lowest BCUT2D eigenvalue weighted by molar-refractivity contribution is 0.0810. The fraction of sp³-hybridized carbons (Fsp3) is 0.133. The maximum absolute atomic E-state index is 12.1. The van der Waals surface area contributed by atoms with Gasteiger partial charge in [0.05, 0.1) is 12.1 Å². The molecule has 90 valence electrons. The fourth-order valence-electron chi connectivity index (χ4n) is 1.84. The van der Waals surface area contributed by atoms with E-state index in [-0.39, 0.29) is 23.8 Å². The van der Waals surface area contributed by atoms with Gasteiger partial charge in [-0.15, -0.1) is 6.42 Å². The van der Waals surface area contributed by atoms with E-state index < -0.39 is 0 Å². The van der Waals surface area contributed by atoms with Gasteiger partial charge in [-0.1, -0.05) is 36.3 Å². The van der Waals surface area contributed by atoms with Crippen LogP contribution in [0, 0.1) is 12.3 Å². The summed E-state index contributed by atoms with van der Waals surface area (Å²) in [4.78, 5) is 13.5. The van der Waals surface area contributed by atoms with Gasteiger partial charge in [0, 0.05) is 12.4 Å². The Balaban J connectivity index is 2.50. The van der Waals surface area contributed by atoms with Crippen molar-refractivity contribution in [1.29, 1.82) is 0 Å². The predicted molar refractivity (Wildman–Crippen MR) is 71.4 cm³/mol. The van der Waals surface area contributed by atoms with Crippen LogP contribution in [-0.2, 0) is 0 Å². The molecule has 0 heterocycles. The van der Waals surface area contributed by atoms with Crippen LogP contribution in [0.15, 0.2) is 36.4 Å². The number of nitrogens with zero attached hydrogens (tertiary/aromatic N) is 1. The Morgan fingerprint density at radius 3 is 2.78 bits per heavy atom. The zero-order valence-corrected chi connectivity index (χ0v) is 10.1. The SMILES string of the molecule is C#CCN(C)C(=O)c1ccc2ccccc2c1O. The third kappa shape index (κ3) is 2.01. The lowest BCUT2D eigenvalue weighted by atomic mass is 10.0. The van der Waals surface area contributed by atoms with Crippen molar-refractivity contribution in [1.82, 2.24) is 4.90 Å². The molecule has 2 rings (SSSR count). The maximum atomic E-state index is 12.1. The number of amides is 1. The van der Waals surface area contributed by atoms with Crippen LogP contribution in [0.2, 0.25) is 0 Å². The van der Waals surface area contributed by atoms with E-state index in [2.05, 4.69) is 5.92 Å². The monoisotopic (exact) mass is 239 g/mol. The van der Waals surface area contributed by atoms with E-state index in [1.54, 1.807) is 19.2 Å². The zero-order valence-electron chi connectivity index (χ0n) is 10.1. The molecule has 0 aliphatic rings. The quantitative estimate of drug-likeness (QED) is 0.816. The van der Waals surface area contributed by atoms with E-state index in [9.17, 15) is 9.90 Å². The molecule has 1 amide bonds. The second kappa shape index (κ2) is 4.80. The molecule has 0 radical (unpaired) electrons. The second-order valence-corrected chi connectivity index (χ2v) is 4.05. The van der Waals surface area contributed by atoms with Gasteiger partial charge in [-0.3, -0.25) is 4.79 Å². The van der Waals surface area contributed by atoms with Gasteiger partial charge in [-0.25, -0.2) is 0 Å². The highest BCUT2D eigenvalue weighted by atomic mass is 16.3. The molecular weight excluding hydrogens is 226 g/mol. The highest BCUT2D eigenvalue weighted by Gasteiger charge is 2.16. The van der Waals surface area contributed by atoms with Crippen molar-refractivity contribution in [2.75, 3.05) is 13.6 Å². The number of terminal acetylenes is 1. The number of aromatic hydroxyl groups is 1. The van der Waals surface area contributed by atoms with Crippen LogP contribution in [0.4, 0.5) is 0 Å². The van der Waals surface area contributed by atoms with E-state index in [1.165, 1.54) is 4.90 Å². The molecule has 2 aromatic carbocycles. The lowest BCUT2D eigenvalue weighted by Crippen LogP contribution is -2.27. The normalized spacial score (nSPS) is 10.0. The molecule has 18 heavy (non-hydrogen) atoms. The molecule has 3 heteroatoms. The molecule has 0 unspecified atom stereocenters. The minimum Gasteiger partial charge on any atom is -0.506 e. The summed E-state index contributed by atoms with van der Waals surface area (Å²) in [5.41, 5.74) is 0.270. The number of carbonyl (C=O) groups excluding carboxylic acids is 1. The van der Waals surface area contributed by atoms with Crippen LogP contribution in [0.3, 0.4) is 0 Å². The summed E-state index contributed by atoms with van der Waals surface area (Å²) in [6.07, 6.45) is 5.17. The van der Waals surface area contributed by atoms with Gasteiger partial charge in [-0.2, -0.15) is 0 Å². The summed E-state index contributed by atoms with van der Waals surface area (Å²) in [6, 6.07) is 10.8. The maximum Gasteiger partial charge on any atom is 0.258 e. The smallest absolute Gasteiger partial charge is 0.258 e. The van der Waals surface area contributed by atoms with Crippen molar-refractivity contribution >= 4 is 16.7 Å². The summed E-state index contributed by atoms with van der Waals surface area (Å²) in [5, 5.41) is 11.7. The van der Waals surface area contributed by atoms with Gasteiger partial charge in [0.25, 0.3) is 5.91 Å². The molecule has 1 N–H and O–H groups in total. The topological polar surface area (TPSA) is 40.5 Å². The standard InChI is InChI=1S/C15H13NO2/c1-3-10-16(2)15(18)13-9-8-11-6-4-5-7-12(11)14(13)17/h1,4-9,17H,10H2,2H3. The largest absolute Gasteiger partial charge is 0.506 e. The van der Waals surface area contributed by atoms with E-state index in [1.807, 2.05) is 24.3 Å². The molecule has 0 aromatic heterocycles. The van der Waals surface area contributed by atoms with Crippen molar-refractivity contribution in [2.45, 2.75) is 0 Å². The van der Waals surface area contributed by atoms with Crippen LogP contribution in [0.5, 0.6) is 5.75 Å². The van der Waals surface area contributed by atoms with Crippen LogP contribution in [0.1, 0.15) is 10.4 Å². The first kappa shape index (κ1) is 12.0. The molecule has 3 nitrogen and oxygen atoms in total. The summed E-state index contributed by atoms with van der Waals surface area (Å²) in [7, 11) is 1.61. The van der Waals surface area contributed by atoms with Gasteiger partial charge in [0.15, 0.2) is 0 Å². The third-order valence-corrected chi connectivity index (χ3v) is 2.81.